The molecule has 0 saturated carbocycles. The lowest BCUT2D eigenvalue weighted by Crippen LogP contribution is -2.58. The van der Waals surface area contributed by atoms with Crippen LogP contribution in [-0.4, -0.2) is 154 Å². The van der Waals surface area contributed by atoms with E-state index in [4.69, 9.17) is 34.2 Å². The summed E-state index contributed by atoms with van der Waals surface area (Å²) in [6.07, 6.45) is 0.854. The number of hydrogen-bond donors (Lipinski definition) is 7. The van der Waals surface area contributed by atoms with Gasteiger partial charge in [0, 0.05) is 56.6 Å². The summed E-state index contributed by atoms with van der Waals surface area (Å²) in [5.74, 6) is -5.67. The molecule has 0 spiro atoms. The number of primary amides is 1. The van der Waals surface area contributed by atoms with Gasteiger partial charge in [0.05, 0.1) is 51.2 Å². The number of ether oxygens (including phenoxy) is 6. The van der Waals surface area contributed by atoms with Crippen LogP contribution in [0.25, 0.3) is 0 Å². The molecule has 388 valence electrons. The SMILES string of the molecule is COCCOCCOCCOCCC(=O)NCC[C@H](NC(=O)CN1C(=O)C=CC1=O)C(=O)N[C@H](C(=O)N[C@@H](CCCNC(N)=O)C(=O)Nc1ccc(COC(=O)Oc2ccc([N+](=O)[O-])cc2)cc1)C(C)C. The molecular formula is C45H61N9O17. The number of nitrogens with zero attached hydrogens (tertiary/aromatic N) is 2. The molecule has 71 heavy (non-hydrogen) atoms. The van der Waals surface area contributed by atoms with E-state index in [1.807, 2.05) is 0 Å². The van der Waals surface area contributed by atoms with Crippen LogP contribution in [-0.2, 0) is 63.9 Å². The fourth-order valence-electron chi connectivity index (χ4n) is 6.19. The third kappa shape index (κ3) is 22.6. The Balaban J connectivity index is 1.62. The van der Waals surface area contributed by atoms with Crippen molar-refractivity contribution in [3.63, 3.8) is 0 Å². The fraction of sp³-hybridized carbons (Fsp3) is 0.489. The number of methoxy groups -OCH3 is 1. The monoisotopic (exact) mass is 999 g/mol. The van der Waals surface area contributed by atoms with Crippen LogP contribution < -0.4 is 42.4 Å². The molecule has 0 unspecified atom stereocenters. The molecule has 3 atom stereocenters. The molecule has 0 aliphatic carbocycles. The van der Waals surface area contributed by atoms with Gasteiger partial charge in [-0.05, 0) is 55.0 Å². The lowest BCUT2D eigenvalue weighted by atomic mass is 10.0. The average Bonchev–Trinajstić information content (AvgIpc) is 3.64. The van der Waals surface area contributed by atoms with Crippen LogP contribution in [0.2, 0.25) is 0 Å². The van der Waals surface area contributed by atoms with E-state index in [0.29, 0.717) is 36.9 Å². The Morgan fingerprint density at radius 3 is 1.90 bits per heavy atom. The number of anilines is 1. The Hall–Kier alpha value is -7.55. The first-order valence-corrected chi connectivity index (χ1v) is 22.4. The maximum Gasteiger partial charge on any atom is 0.514 e. The van der Waals surface area contributed by atoms with Gasteiger partial charge in [-0.25, -0.2) is 9.59 Å². The standard InChI is InChI=1S/C45H61N9O17/c1-29(2)40(52-42(60)35(50-37(56)27-53-38(57)14-15-39(53)58)16-19-47-36(55)17-20-67-23-24-69-26-25-68-22-21-66-3)43(61)51-34(5-4-18-48-44(46)62)41(59)49-31-8-6-30(7-9-31)28-70-45(63)71-33-12-10-32(11-13-33)54(64)65/h6-15,29,34-35,40H,4-5,16-28H2,1-3H3,(H,47,55)(H,49,59)(H,50,56)(H,51,61)(H,52,60)(H3,46,48,62)/t34-,35-,40-/m0/s1. The Kier molecular flexibility index (Phi) is 25.7. The molecule has 0 bridgehead atoms. The number of carbonyl (C=O) groups is 9. The van der Waals surface area contributed by atoms with Gasteiger partial charge < -0.3 is 66.1 Å². The maximum atomic E-state index is 13.9. The summed E-state index contributed by atoms with van der Waals surface area (Å²) in [6, 6.07) is 6.16. The van der Waals surface area contributed by atoms with E-state index in [2.05, 4.69) is 31.9 Å². The molecule has 2 aromatic carbocycles. The summed E-state index contributed by atoms with van der Waals surface area (Å²) < 4.78 is 31.2. The van der Waals surface area contributed by atoms with Gasteiger partial charge in [-0.15, -0.1) is 0 Å². The molecule has 1 aliphatic heterocycles. The van der Waals surface area contributed by atoms with Crippen molar-refractivity contribution in [2.24, 2.45) is 11.7 Å². The van der Waals surface area contributed by atoms with Gasteiger partial charge in [0.15, 0.2) is 0 Å². The number of rotatable bonds is 33. The predicted molar refractivity (Wildman–Crippen MR) is 249 cm³/mol. The number of non-ortho nitro benzene ring substituents is 1. The first-order valence-electron chi connectivity index (χ1n) is 22.4. The van der Waals surface area contributed by atoms with Gasteiger partial charge in [-0.1, -0.05) is 26.0 Å². The topological polar surface area (TPSA) is 354 Å². The highest BCUT2D eigenvalue weighted by Gasteiger charge is 2.33. The minimum absolute atomic E-state index is 0.00940. The predicted octanol–water partition coefficient (Wildman–Crippen LogP) is 0.325. The summed E-state index contributed by atoms with van der Waals surface area (Å²) in [5, 5.41) is 26.3. The second-order valence-electron chi connectivity index (χ2n) is 15.7. The second kappa shape index (κ2) is 31.6. The number of imide groups is 1. The normalized spacial score (nSPS) is 13.2. The van der Waals surface area contributed by atoms with Crippen molar-refractivity contribution < 1.29 is 76.5 Å². The summed E-state index contributed by atoms with van der Waals surface area (Å²) >= 11 is 0. The Morgan fingerprint density at radius 1 is 0.704 bits per heavy atom. The van der Waals surface area contributed by atoms with E-state index < -0.39 is 89.0 Å². The lowest BCUT2D eigenvalue weighted by Gasteiger charge is -2.27. The van der Waals surface area contributed by atoms with Crippen LogP contribution in [0.5, 0.6) is 5.75 Å². The van der Waals surface area contributed by atoms with Crippen molar-refractivity contribution in [3.8, 4) is 5.75 Å². The molecule has 8 N–H and O–H groups in total. The van der Waals surface area contributed by atoms with Gasteiger partial charge in [0.2, 0.25) is 29.5 Å². The van der Waals surface area contributed by atoms with Crippen LogP contribution >= 0.6 is 0 Å². The zero-order valence-corrected chi connectivity index (χ0v) is 39.6. The van der Waals surface area contributed by atoms with E-state index in [9.17, 15) is 53.3 Å². The Bertz CT molecular complexity index is 2140. The third-order valence-corrected chi connectivity index (χ3v) is 9.93. The molecule has 0 radical (unpaired) electrons. The number of amides is 9. The van der Waals surface area contributed by atoms with E-state index in [0.717, 1.165) is 24.3 Å². The highest BCUT2D eigenvalue weighted by molar-refractivity contribution is 6.14. The van der Waals surface area contributed by atoms with Gasteiger partial charge in [0.25, 0.3) is 17.5 Å². The largest absolute Gasteiger partial charge is 0.514 e. The zero-order chi connectivity index (χ0) is 52.1. The van der Waals surface area contributed by atoms with Crippen LogP contribution in [0.15, 0.2) is 60.7 Å². The third-order valence-electron chi connectivity index (χ3n) is 9.93. The highest BCUT2D eigenvalue weighted by Crippen LogP contribution is 2.19. The van der Waals surface area contributed by atoms with Gasteiger partial charge in [-0.3, -0.25) is 48.6 Å². The van der Waals surface area contributed by atoms with Crippen LogP contribution in [0.1, 0.15) is 45.1 Å². The van der Waals surface area contributed by atoms with Crippen molar-refractivity contribution in [3.05, 3.63) is 76.4 Å². The molecule has 3 rings (SSSR count). The number of hydrogen-bond acceptors (Lipinski definition) is 17. The average molecular weight is 1000 g/mol. The first-order chi connectivity index (χ1) is 34.0. The van der Waals surface area contributed by atoms with Gasteiger partial charge in [0.1, 0.15) is 37.0 Å². The number of nitrogens with two attached hydrogens (primary N) is 1. The maximum absolute atomic E-state index is 13.9. The Morgan fingerprint density at radius 2 is 1.31 bits per heavy atom. The molecule has 9 amide bonds. The molecule has 1 heterocycles. The number of nitrogens with one attached hydrogen (secondary N) is 6. The fourth-order valence-corrected chi connectivity index (χ4v) is 6.19. The van der Waals surface area contributed by atoms with Crippen molar-refractivity contribution in [1.29, 1.82) is 0 Å². The van der Waals surface area contributed by atoms with E-state index in [1.54, 1.807) is 33.1 Å². The minimum atomic E-state index is -1.39. The molecular weight excluding hydrogens is 939 g/mol. The molecule has 0 saturated heterocycles. The van der Waals surface area contributed by atoms with Crippen molar-refractivity contribution in [2.75, 3.05) is 78.3 Å². The van der Waals surface area contributed by atoms with Crippen molar-refractivity contribution in [1.82, 2.24) is 31.5 Å². The number of urea groups is 1. The summed E-state index contributed by atoms with van der Waals surface area (Å²) in [4.78, 5) is 126. The molecule has 26 nitrogen and oxygen atoms in total. The number of benzene rings is 2. The van der Waals surface area contributed by atoms with Crippen LogP contribution in [0.3, 0.4) is 0 Å². The molecule has 26 heteroatoms. The summed E-state index contributed by atoms with van der Waals surface area (Å²) in [7, 11) is 1.57. The van der Waals surface area contributed by atoms with E-state index in [-0.39, 0.29) is 82.3 Å². The number of nitro groups is 1. The van der Waals surface area contributed by atoms with Gasteiger partial charge in [-0.2, -0.15) is 0 Å². The number of carbonyl (C=O) groups excluding carboxylic acids is 9. The summed E-state index contributed by atoms with van der Waals surface area (Å²) in [6.45, 7) is 4.46. The minimum Gasteiger partial charge on any atom is -0.429 e. The van der Waals surface area contributed by atoms with Crippen LogP contribution in [0.4, 0.5) is 21.0 Å². The molecule has 0 fully saturated rings. The number of nitro benzene ring substituents is 1. The van der Waals surface area contributed by atoms with Crippen molar-refractivity contribution >= 4 is 64.9 Å². The smallest absolute Gasteiger partial charge is 0.429 e. The van der Waals surface area contributed by atoms with E-state index >= 15 is 0 Å². The van der Waals surface area contributed by atoms with Crippen molar-refractivity contribution in [2.45, 2.75) is 64.3 Å². The zero-order valence-electron chi connectivity index (χ0n) is 39.6. The second-order valence-corrected chi connectivity index (χ2v) is 15.7. The van der Waals surface area contributed by atoms with Crippen LogP contribution in [0, 0.1) is 16.0 Å². The summed E-state index contributed by atoms with van der Waals surface area (Å²) in [5.41, 5.74) is 5.77. The molecule has 0 aromatic heterocycles. The Labute approximate surface area is 408 Å². The first kappa shape index (κ1) is 57.8. The highest BCUT2D eigenvalue weighted by atomic mass is 16.7. The molecule has 2 aromatic rings. The molecule has 1 aliphatic rings. The lowest BCUT2D eigenvalue weighted by molar-refractivity contribution is -0.384. The van der Waals surface area contributed by atoms with E-state index in [1.165, 1.54) is 24.3 Å². The van der Waals surface area contributed by atoms with Gasteiger partial charge >= 0.3 is 12.2 Å². The quantitative estimate of drug-likeness (QED) is 0.0126.